The zero-order chi connectivity index (χ0) is 21.5. The Balaban J connectivity index is 1.58. The molecule has 0 spiro atoms. The van der Waals surface area contributed by atoms with Crippen LogP contribution in [0.25, 0.3) is 0 Å². The number of aromatic nitrogens is 1. The molecule has 1 aliphatic rings. The van der Waals surface area contributed by atoms with Crippen molar-refractivity contribution in [2.24, 2.45) is 0 Å². The van der Waals surface area contributed by atoms with E-state index in [1.807, 2.05) is 0 Å². The summed E-state index contributed by atoms with van der Waals surface area (Å²) in [5.41, 5.74) is 0.107. The van der Waals surface area contributed by atoms with Gasteiger partial charge in [0.05, 0.1) is 12.1 Å². The van der Waals surface area contributed by atoms with E-state index in [9.17, 15) is 23.6 Å². The van der Waals surface area contributed by atoms with Crippen LogP contribution in [0, 0.1) is 5.82 Å². The number of anilines is 1. The van der Waals surface area contributed by atoms with Gasteiger partial charge in [0.2, 0.25) is 11.8 Å². The second-order valence-electron chi connectivity index (χ2n) is 7.06. The fraction of sp³-hybridized carbons (Fsp3) is 0.333. The summed E-state index contributed by atoms with van der Waals surface area (Å²) >= 11 is 0. The number of amides is 3. The highest BCUT2D eigenvalue weighted by Crippen LogP contribution is 2.10. The first-order chi connectivity index (χ1) is 14.4. The maximum Gasteiger partial charge on any atom is 0.257 e. The van der Waals surface area contributed by atoms with Crippen molar-refractivity contribution in [2.75, 3.05) is 25.0 Å². The van der Waals surface area contributed by atoms with E-state index in [0.29, 0.717) is 18.8 Å². The summed E-state index contributed by atoms with van der Waals surface area (Å²) < 4.78 is 14.1. The van der Waals surface area contributed by atoms with Gasteiger partial charge >= 0.3 is 0 Å². The van der Waals surface area contributed by atoms with Gasteiger partial charge in [-0.1, -0.05) is 0 Å². The Bertz CT molecular complexity index is 981. The van der Waals surface area contributed by atoms with Gasteiger partial charge in [0.25, 0.3) is 11.5 Å². The normalized spacial score (nSPS) is 13.6. The molecule has 3 amide bonds. The lowest BCUT2D eigenvalue weighted by Gasteiger charge is -2.26. The van der Waals surface area contributed by atoms with E-state index < -0.39 is 23.2 Å². The number of piperidine rings is 1. The Kier molecular flexibility index (Phi) is 6.95. The van der Waals surface area contributed by atoms with Crippen molar-refractivity contribution >= 4 is 23.4 Å². The fourth-order valence-corrected chi connectivity index (χ4v) is 3.17. The highest BCUT2D eigenvalue weighted by atomic mass is 19.1. The molecule has 8 nitrogen and oxygen atoms in total. The number of nitrogens with zero attached hydrogens (tertiary/aromatic N) is 2. The highest BCUT2D eigenvalue weighted by molar-refractivity contribution is 6.04. The van der Waals surface area contributed by atoms with Crippen LogP contribution in [0.2, 0.25) is 0 Å². The number of halogens is 1. The summed E-state index contributed by atoms with van der Waals surface area (Å²) in [5, 5.41) is 5.11. The summed E-state index contributed by atoms with van der Waals surface area (Å²) in [6, 6.07) is 7.78. The summed E-state index contributed by atoms with van der Waals surface area (Å²) in [6.45, 7) is 0.945. The van der Waals surface area contributed by atoms with Crippen molar-refractivity contribution in [3.8, 4) is 0 Å². The van der Waals surface area contributed by atoms with Crippen molar-refractivity contribution < 1.29 is 18.8 Å². The van der Waals surface area contributed by atoms with Crippen molar-refractivity contribution in [2.45, 2.75) is 25.8 Å². The summed E-state index contributed by atoms with van der Waals surface area (Å²) in [6.07, 6.45) is 4.29. The smallest absolute Gasteiger partial charge is 0.257 e. The van der Waals surface area contributed by atoms with E-state index in [4.69, 9.17) is 0 Å². The van der Waals surface area contributed by atoms with Crippen LogP contribution in [0.4, 0.5) is 10.1 Å². The van der Waals surface area contributed by atoms with Crippen molar-refractivity contribution in [3.63, 3.8) is 0 Å². The van der Waals surface area contributed by atoms with E-state index in [0.717, 1.165) is 23.8 Å². The summed E-state index contributed by atoms with van der Waals surface area (Å²) in [4.78, 5) is 50.4. The lowest BCUT2D eigenvalue weighted by molar-refractivity contribution is -0.133. The van der Waals surface area contributed by atoms with Gasteiger partial charge in [-0.15, -0.1) is 0 Å². The maximum atomic E-state index is 13.0. The van der Waals surface area contributed by atoms with E-state index in [2.05, 4.69) is 10.6 Å². The SMILES string of the molecule is O=C(Cn1cc(C(=O)Nc2ccc(F)cc2)ccc1=O)NCC(=O)N1CCCCC1. The Morgan fingerprint density at radius 1 is 0.967 bits per heavy atom. The molecule has 1 aromatic heterocycles. The molecule has 0 bridgehead atoms. The Labute approximate surface area is 172 Å². The molecule has 0 atom stereocenters. The van der Waals surface area contributed by atoms with Crippen molar-refractivity contribution in [3.05, 3.63) is 64.3 Å². The number of carbonyl (C=O) groups is 3. The quantitative estimate of drug-likeness (QED) is 0.746. The van der Waals surface area contributed by atoms with Crippen LogP contribution in [0.5, 0.6) is 0 Å². The van der Waals surface area contributed by atoms with Gasteiger partial charge in [-0.3, -0.25) is 19.2 Å². The topological polar surface area (TPSA) is 101 Å². The predicted molar refractivity (Wildman–Crippen MR) is 108 cm³/mol. The minimum absolute atomic E-state index is 0.127. The lowest BCUT2D eigenvalue weighted by atomic mass is 10.1. The maximum absolute atomic E-state index is 13.0. The number of likely N-dealkylation sites (tertiary alicyclic amines) is 1. The van der Waals surface area contributed by atoms with Gasteiger partial charge in [-0.05, 0) is 49.6 Å². The first-order valence-corrected chi connectivity index (χ1v) is 9.74. The molecular formula is C21H23FN4O4. The Hall–Kier alpha value is -3.49. The average Bonchev–Trinajstić information content (AvgIpc) is 2.75. The van der Waals surface area contributed by atoms with Gasteiger partial charge in [0.15, 0.2) is 0 Å². The van der Waals surface area contributed by atoms with Crippen LogP contribution in [-0.4, -0.2) is 46.8 Å². The van der Waals surface area contributed by atoms with Crippen LogP contribution in [0.15, 0.2) is 47.4 Å². The number of pyridine rings is 1. The van der Waals surface area contributed by atoms with Gasteiger partial charge in [0.1, 0.15) is 12.4 Å². The Morgan fingerprint density at radius 2 is 1.67 bits per heavy atom. The van der Waals surface area contributed by atoms with Crippen LogP contribution < -0.4 is 16.2 Å². The first-order valence-electron chi connectivity index (χ1n) is 9.74. The molecule has 2 aromatic rings. The molecular weight excluding hydrogens is 391 g/mol. The van der Waals surface area contributed by atoms with E-state index in [1.165, 1.54) is 42.6 Å². The molecule has 0 aliphatic carbocycles. The summed E-state index contributed by atoms with van der Waals surface area (Å²) in [5.74, 6) is -1.58. The van der Waals surface area contributed by atoms with Crippen LogP contribution in [0.3, 0.4) is 0 Å². The second-order valence-corrected chi connectivity index (χ2v) is 7.06. The van der Waals surface area contributed by atoms with Gasteiger partial charge in [-0.25, -0.2) is 4.39 Å². The van der Waals surface area contributed by atoms with E-state index in [1.54, 1.807) is 4.90 Å². The van der Waals surface area contributed by atoms with Crippen LogP contribution in [0.1, 0.15) is 29.6 Å². The lowest BCUT2D eigenvalue weighted by Crippen LogP contribution is -2.43. The minimum Gasteiger partial charge on any atom is -0.345 e. The van der Waals surface area contributed by atoms with Crippen molar-refractivity contribution in [1.29, 1.82) is 0 Å². The molecule has 1 saturated heterocycles. The average molecular weight is 414 g/mol. The number of nitrogens with one attached hydrogen (secondary N) is 2. The van der Waals surface area contributed by atoms with Crippen LogP contribution in [-0.2, 0) is 16.1 Å². The third-order valence-corrected chi connectivity index (χ3v) is 4.81. The van der Waals surface area contributed by atoms with Gasteiger partial charge < -0.3 is 20.1 Å². The number of rotatable bonds is 6. The largest absolute Gasteiger partial charge is 0.345 e. The van der Waals surface area contributed by atoms with Gasteiger partial charge in [0, 0.05) is 31.0 Å². The predicted octanol–water partition coefficient (Wildman–Crippen LogP) is 1.37. The monoisotopic (exact) mass is 414 g/mol. The van der Waals surface area contributed by atoms with E-state index >= 15 is 0 Å². The number of hydrogen-bond donors (Lipinski definition) is 2. The molecule has 9 heteroatoms. The molecule has 3 rings (SSSR count). The van der Waals surface area contributed by atoms with Crippen LogP contribution >= 0.6 is 0 Å². The van der Waals surface area contributed by atoms with Gasteiger partial charge in [-0.2, -0.15) is 0 Å². The van der Waals surface area contributed by atoms with E-state index in [-0.39, 0.29) is 24.6 Å². The second kappa shape index (κ2) is 9.82. The first kappa shape index (κ1) is 21.2. The number of hydrogen-bond acceptors (Lipinski definition) is 4. The molecule has 0 saturated carbocycles. The minimum atomic E-state index is -0.504. The third-order valence-electron chi connectivity index (χ3n) is 4.81. The summed E-state index contributed by atoms with van der Waals surface area (Å²) in [7, 11) is 0. The number of carbonyl (C=O) groups excluding carboxylic acids is 3. The van der Waals surface area contributed by atoms with Crippen molar-refractivity contribution in [1.82, 2.24) is 14.8 Å². The zero-order valence-corrected chi connectivity index (χ0v) is 16.4. The molecule has 0 radical (unpaired) electrons. The zero-order valence-electron chi connectivity index (χ0n) is 16.4. The number of benzene rings is 1. The molecule has 0 unspecified atom stereocenters. The molecule has 30 heavy (non-hydrogen) atoms. The molecule has 2 N–H and O–H groups in total. The molecule has 1 fully saturated rings. The highest BCUT2D eigenvalue weighted by Gasteiger charge is 2.17. The molecule has 158 valence electrons. The molecule has 1 aliphatic heterocycles. The molecule has 2 heterocycles. The molecule has 1 aromatic carbocycles. The standard InChI is InChI=1S/C21H23FN4O4/c22-16-5-7-17(8-6-16)24-21(30)15-4-9-19(28)26(13-15)14-18(27)23-12-20(29)25-10-2-1-3-11-25/h4-9,13H,1-3,10-12,14H2,(H,23,27)(H,24,30). The fourth-order valence-electron chi connectivity index (χ4n) is 3.17. The Morgan fingerprint density at radius 3 is 2.37 bits per heavy atom. The third kappa shape index (κ3) is 5.76.